The van der Waals surface area contributed by atoms with Crippen LogP contribution in [0.2, 0.25) is 0 Å². The minimum Gasteiger partial charge on any atom is -0.0661 e. The van der Waals surface area contributed by atoms with Crippen LogP contribution in [0, 0.1) is 6.92 Å². The van der Waals surface area contributed by atoms with Crippen molar-refractivity contribution < 1.29 is 0 Å². The highest BCUT2D eigenvalue weighted by atomic mass is 14.5. The smallest absolute Gasteiger partial charge is 0.0526 e. The van der Waals surface area contributed by atoms with Gasteiger partial charge in [-0.15, -0.1) is 0 Å². The van der Waals surface area contributed by atoms with Gasteiger partial charge in [0.25, 0.3) is 0 Å². The highest BCUT2D eigenvalue weighted by Gasteiger charge is 2.50. The summed E-state index contributed by atoms with van der Waals surface area (Å²) in [4.78, 5) is 0. The number of fused-ring (bicyclic) bond motifs is 3. The largest absolute Gasteiger partial charge is 0.0661 e. The lowest BCUT2D eigenvalue weighted by Crippen LogP contribution is -2.37. The molecule has 0 N–H and O–H groups in total. The molecule has 0 heteroatoms. The van der Waals surface area contributed by atoms with Crippen molar-refractivity contribution in [2.45, 2.75) is 77.0 Å². The molecule has 0 bridgehead atoms. The van der Waals surface area contributed by atoms with Gasteiger partial charge in [0, 0.05) is 5.92 Å². The summed E-state index contributed by atoms with van der Waals surface area (Å²) in [5, 5.41) is 0. The second kappa shape index (κ2) is 10.4. The number of hydrogen-bond donors (Lipinski definition) is 0. The van der Waals surface area contributed by atoms with Crippen molar-refractivity contribution in [1.29, 1.82) is 0 Å². The number of hydrogen-bond acceptors (Lipinski definition) is 0. The molecule has 0 saturated carbocycles. The van der Waals surface area contributed by atoms with E-state index >= 15 is 0 Å². The van der Waals surface area contributed by atoms with E-state index in [0.29, 0.717) is 0 Å². The molecule has 0 aliphatic heterocycles. The maximum atomic E-state index is 2.54. The summed E-state index contributed by atoms with van der Waals surface area (Å²) < 4.78 is 0. The molecule has 0 heterocycles. The zero-order valence-corrected chi connectivity index (χ0v) is 24.8. The molecule has 0 amide bonds. The van der Waals surface area contributed by atoms with Crippen molar-refractivity contribution in [3.8, 4) is 11.1 Å². The first kappa shape index (κ1) is 26.6. The molecule has 4 aromatic carbocycles. The van der Waals surface area contributed by atoms with Crippen LogP contribution in [0.15, 0.2) is 120 Å². The van der Waals surface area contributed by atoms with Crippen LogP contribution < -0.4 is 0 Å². The normalized spacial score (nSPS) is 16.4. The van der Waals surface area contributed by atoms with Crippen molar-refractivity contribution >= 4 is 0 Å². The van der Waals surface area contributed by atoms with Gasteiger partial charge < -0.3 is 0 Å². The molecule has 1 unspecified atom stereocenters. The predicted molar refractivity (Wildman–Crippen MR) is 171 cm³/mol. The fourth-order valence-electron chi connectivity index (χ4n) is 7.20. The topological polar surface area (TPSA) is 0 Å². The fourth-order valence-corrected chi connectivity index (χ4v) is 7.20. The zero-order valence-electron chi connectivity index (χ0n) is 24.8. The van der Waals surface area contributed by atoms with E-state index in [2.05, 4.69) is 144 Å². The third kappa shape index (κ3) is 4.39. The van der Waals surface area contributed by atoms with E-state index in [1.165, 1.54) is 69.3 Å². The second-order valence-corrected chi connectivity index (χ2v) is 12.9. The van der Waals surface area contributed by atoms with Gasteiger partial charge in [-0.2, -0.15) is 0 Å². The molecular weight excluding hydrogens is 480 g/mol. The summed E-state index contributed by atoms with van der Waals surface area (Å²) in [5.41, 5.74) is 14.0. The van der Waals surface area contributed by atoms with E-state index in [-0.39, 0.29) is 16.7 Å². The maximum absolute atomic E-state index is 2.54. The lowest BCUT2D eigenvalue weighted by Gasteiger charge is -2.44. The third-order valence-corrected chi connectivity index (χ3v) is 9.22. The summed E-state index contributed by atoms with van der Waals surface area (Å²) in [6, 6.07) is 37.2. The van der Waals surface area contributed by atoms with Crippen LogP contribution in [-0.2, 0) is 10.8 Å². The number of unbranched alkanes of at least 4 members (excludes halogenated alkanes) is 1. The van der Waals surface area contributed by atoms with Gasteiger partial charge in [0.1, 0.15) is 0 Å². The summed E-state index contributed by atoms with van der Waals surface area (Å²) >= 11 is 0. The van der Waals surface area contributed by atoms with Crippen LogP contribution in [0.1, 0.15) is 92.7 Å². The van der Waals surface area contributed by atoms with Crippen molar-refractivity contribution in [3.05, 3.63) is 154 Å². The Balaban J connectivity index is 1.69. The van der Waals surface area contributed by atoms with Gasteiger partial charge in [-0.1, -0.05) is 160 Å². The van der Waals surface area contributed by atoms with E-state index in [9.17, 15) is 0 Å². The number of aryl methyl sites for hydroxylation is 1. The number of rotatable bonds is 7. The van der Waals surface area contributed by atoms with Gasteiger partial charge in [-0.25, -0.2) is 0 Å². The third-order valence-electron chi connectivity index (χ3n) is 9.22. The zero-order chi connectivity index (χ0) is 27.9. The molecule has 0 spiro atoms. The Hall–Kier alpha value is -3.64. The Morgan fingerprint density at radius 2 is 1.27 bits per heavy atom. The van der Waals surface area contributed by atoms with Gasteiger partial charge in [-0.3, -0.25) is 0 Å². The molecule has 40 heavy (non-hydrogen) atoms. The van der Waals surface area contributed by atoms with Crippen molar-refractivity contribution in [2.24, 2.45) is 0 Å². The molecule has 202 valence electrons. The Morgan fingerprint density at radius 3 is 1.88 bits per heavy atom. The minimum atomic E-state index is -0.322. The summed E-state index contributed by atoms with van der Waals surface area (Å²) in [5.74, 6) is 0.176. The lowest BCUT2D eigenvalue weighted by atomic mass is 9.58. The van der Waals surface area contributed by atoms with E-state index in [1.54, 1.807) is 5.57 Å². The van der Waals surface area contributed by atoms with Crippen molar-refractivity contribution in [3.63, 3.8) is 0 Å². The molecule has 0 fully saturated rings. The Morgan fingerprint density at radius 1 is 0.675 bits per heavy atom. The predicted octanol–water partition coefficient (Wildman–Crippen LogP) is 10.8. The standard InChI is InChI=1S/C40H42/c1-6-7-14-29-20-21-33(26-29)40(30-15-10-8-11-16-30,31-17-12-9-13-18-31)38-36-25-28(2)19-23-34(36)35-24-22-32(27-37(35)38)39(3,4)5/h8-13,15-25,27,38H,6-7,14,26H2,1-5H3. The number of benzene rings is 4. The summed E-state index contributed by atoms with van der Waals surface area (Å²) in [7, 11) is 0. The van der Waals surface area contributed by atoms with E-state index in [0.717, 1.165) is 6.42 Å². The molecule has 0 radical (unpaired) electrons. The average molecular weight is 523 g/mol. The van der Waals surface area contributed by atoms with Gasteiger partial charge >= 0.3 is 0 Å². The van der Waals surface area contributed by atoms with Crippen LogP contribution in [0.25, 0.3) is 11.1 Å². The molecule has 2 aliphatic carbocycles. The fraction of sp³-hybridized carbons (Fsp3) is 0.300. The van der Waals surface area contributed by atoms with Gasteiger partial charge in [0.15, 0.2) is 0 Å². The Kier molecular flexibility index (Phi) is 6.91. The van der Waals surface area contributed by atoms with Crippen LogP contribution in [0.4, 0.5) is 0 Å². The molecule has 4 aromatic rings. The molecular formula is C40H42. The van der Waals surface area contributed by atoms with Gasteiger partial charge in [-0.05, 0) is 70.5 Å². The lowest BCUT2D eigenvalue weighted by molar-refractivity contribution is 0.520. The second-order valence-electron chi connectivity index (χ2n) is 12.9. The first-order valence-electron chi connectivity index (χ1n) is 15.1. The maximum Gasteiger partial charge on any atom is 0.0526 e. The molecule has 2 aliphatic rings. The highest BCUT2D eigenvalue weighted by Crippen LogP contribution is 2.61. The van der Waals surface area contributed by atoms with Gasteiger partial charge in [0.05, 0.1) is 5.41 Å². The molecule has 1 atom stereocenters. The first-order chi connectivity index (χ1) is 19.3. The van der Waals surface area contributed by atoms with Gasteiger partial charge in [0.2, 0.25) is 0 Å². The molecule has 0 aromatic heterocycles. The van der Waals surface area contributed by atoms with Crippen LogP contribution in [0.5, 0.6) is 0 Å². The quantitative estimate of drug-likeness (QED) is 0.226. The van der Waals surface area contributed by atoms with Crippen LogP contribution >= 0.6 is 0 Å². The van der Waals surface area contributed by atoms with Crippen LogP contribution in [0.3, 0.4) is 0 Å². The monoisotopic (exact) mass is 522 g/mol. The van der Waals surface area contributed by atoms with E-state index in [4.69, 9.17) is 0 Å². The molecule has 0 saturated heterocycles. The van der Waals surface area contributed by atoms with Crippen molar-refractivity contribution in [1.82, 2.24) is 0 Å². The highest BCUT2D eigenvalue weighted by molar-refractivity contribution is 5.82. The first-order valence-corrected chi connectivity index (χ1v) is 15.1. The van der Waals surface area contributed by atoms with Crippen LogP contribution in [-0.4, -0.2) is 0 Å². The Bertz CT molecular complexity index is 1540. The summed E-state index contributed by atoms with van der Waals surface area (Å²) in [6.07, 6.45) is 9.61. The van der Waals surface area contributed by atoms with Crippen molar-refractivity contribution in [2.75, 3.05) is 0 Å². The Labute approximate surface area is 241 Å². The molecule has 0 nitrogen and oxygen atoms in total. The SMILES string of the molecule is CCCCC1=CC=C(C(c2ccccc2)(c2ccccc2)C2c3cc(C)ccc3-c3ccc(C(C)(C)C)cc32)C1. The average Bonchev–Trinajstić information content (AvgIpc) is 3.56. The van der Waals surface area contributed by atoms with E-state index in [1.807, 2.05) is 0 Å². The number of allylic oxidation sites excluding steroid dienone is 4. The van der Waals surface area contributed by atoms with E-state index < -0.39 is 0 Å². The minimum absolute atomic E-state index is 0.0773. The summed E-state index contributed by atoms with van der Waals surface area (Å²) in [6.45, 7) is 11.5. The molecule has 6 rings (SSSR count).